The van der Waals surface area contributed by atoms with Crippen LogP contribution in [0.3, 0.4) is 0 Å². The Balaban J connectivity index is 1.53. The molecule has 1 spiro atoms. The summed E-state index contributed by atoms with van der Waals surface area (Å²) in [5.74, 6) is -0.424. The molecule has 0 saturated carbocycles. The van der Waals surface area contributed by atoms with Crippen LogP contribution in [0.25, 0.3) is 0 Å². The molecule has 1 atom stereocenters. The predicted molar refractivity (Wildman–Crippen MR) is 71.3 cm³/mol. The van der Waals surface area contributed by atoms with Gasteiger partial charge >= 0.3 is 0 Å². The van der Waals surface area contributed by atoms with E-state index in [9.17, 15) is 0 Å². The van der Waals surface area contributed by atoms with Gasteiger partial charge in [-0.15, -0.1) is 0 Å². The first-order chi connectivity index (χ1) is 9.27. The topological polar surface area (TPSA) is 52.6 Å². The van der Waals surface area contributed by atoms with Crippen molar-refractivity contribution in [1.29, 1.82) is 0 Å². The largest absolute Gasteiger partial charge is 0.381 e. The summed E-state index contributed by atoms with van der Waals surface area (Å²) in [6, 6.07) is 1.85. The predicted octanol–water partition coefficient (Wildman–Crippen LogP) is 2.07. The Labute approximate surface area is 117 Å². The summed E-state index contributed by atoms with van der Waals surface area (Å²) in [5, 5.41) is 3.88. The number of nitrogens with zero attached hydrogens (tertiary/aromatic N) is 1. The van der Waals surface area contributed by atoms with E-state index in [1.165, 1.54) is 0 Å². The number of ether oxygens (including phenoxy) is 3. The second-order valence-corrected chi connectivity index (χ2v) is 5.22. The van der Waals surface area contributed by atoms with Gasteiger partial charge in [0.1, 0.15) is 6.10 Å². The van der Waals surface area contributed by atoms with E-state index in [-0.39, 0.29) is 6.10 Å². The van der Waals surface area contributed by atoms with Crippen molar-refractivity contribution < 1.29 is 14.2 Å². The minimum absolute atomic E-state index is 0.0438. The van der Waals surface area contributed by atoms with Crippen LogP contribution in [0, 0.1) is 0 Å². The fraction of sp³-hybridized carbons (Fsp3) is 0.615. The number of rotatable bonds is 3. The number of hydrogen-bond acceptors (Lipinski definition) is 5. The van der Waals surface area contributed by atoms with Crippen LogP contribution >= 0.6 is 11.6 Å². The molecular formula is C13H17ClN2O3. The van der Waals surface area contributed by atoms with Crippen LogP contribution in [0.1, 0.15) is 12.8 Å². The van der Waals surface area contributed by atoms with Gasteiger partial charge in [-0.3, -0.25) is 4.98 Å². The summed E-state index contributed by atoms with van der Waals surface area (Å²) in [6.07, 6.45) is 4.98. The summed E-state index contributed by atoms with van der Waals surface area (Å²) in [5.41, 5.74) is 0.869. The van der Waals surface area contributed by atoms with E-state index in [1.54, 1.807) is 12.4 Å². The maximum atomic E-state index is 6.04. The van der Waals surface area contributed by atoms with Crippen LogP contribution < -0.4 is 5.32 Å². The molecule has 2 aliphatic heterocycles. The summed E-state index contributed by atoms with van der Waals surface area (Å²) >= 11 is 6.04. The molecule has 1 aromatic heterocycles. The van der Waals surface area contributed by atoms with E-state index in [0.29, 0.717) is 31.4 Å². The highest BCUT2D eigenvalue weighted by Gasteiger charge is 2.42. The SMILES string of the molecule is Clc1cnccc1NCC1COC2(CCOCC2)O1. The van der Waals surface area contributed by atoms with Gasteiger partial charge in [-0.1, -0.05) is 11.6 Å². The zero-order chi connectivity index (χ0) is 13.1. The third-order valence-electron chi connectivity index (χ3n) is 3.46. The highest BCUT2D eigenvalue weighted by molar-refractivity contribution is 6.33. The van der Waals surface area contributed by atoms with Gasteiger partial charge in [0.25, 0.3) is 0 Å². The number of hydrogen-bond donors (Lipinski definition) is 1. The van der Waals surface area contributed by atoms with Gasteiger partial charge in [0.05, 0.1) is 30.5 Å². The summed E-state index contributed by atoms with van der Waals surface area (Å²) in [7, 11) is 0. The Morgan fingerprint density at radius 1 is 1.42 bits per heavy atom. The lowest BCUT2D eigenvalue weighted by Crippen LogP contribution is -2.38. The fourth-order valence-electron chi connectivity index (χ4n) is 2.40. The van der Waals surface area contributed by atoms with Crippen molar-refractivity contribution in [2.75, 3.05) is 31.7 Å². The van der Waals surface area contributed by atoms with Crippen LogP contribution in [-0.2, 0) is 14.2 Å². The molecule has 1 unspecified atom stereocenters. The van der Waals surface area contributed by atoms with Crippen molar-refractivity contribution in [3.05, 3.63) is 23.5 Å². The zero-order valence-electron chi connectivity index (χ0n) is 10.6. The maximum absolute atomic E-state index is 6.04. The summed E-state index contributed by atoms with van der Waals surface area (Å²) in [4.78, 5) is 3.95. The molecule has 6 heteroatoms. The molecule has 0 aromatic carbocycles. The van der Waals surface area contributed by atoms with E-state index in [0.717, 1.165) is 18.5 Å². The Kier molecular flexibility index (Phi) is 3.88. The molecule has 5 nitrogen and oxygen atoms in total. The first-order valence-electron chi connectivity index (χ1n) is 6.50. The quantitative estimate of drug-likeness (QED) is 0.921. The van der Waals surface area contributed by atoms with E-state index in [1.807, 2.05) is 6.07 Å². The standard InChI is InChI=1S/C13H17ClN2O3/c14-11-8-15-4-1-12(11)16-7-10-9-18-13(19-10)2-5-17-6-3-13/h1,4,8,10H,2-3,5-7,9H2,(H,15,16). The number of pyridine rings is 1. The second kappa shape index (κ2) is 5.63. The first-order valence-corrected chi connectivity index (χ1v) is 6.88. The lowest BCUT2D eigenvalue weighted by Gasteiger charge is -2.31. The van der Waals surface area contributed by atoms with E-state index in [2.05, 4.69) is 10.3 Å². The van der Waals surface area contributed by atoms with E-state index < -0.39 is 5.79 Å². The molecule has 2 aliphatic rings. The van der Waals surface area contributed by atoms with Crippen molar-refractivity contribution in [1.82, 2.24) is 4.98 Å². The van der Waals surface area contributed by atoms with Crippen LogP contribution in [0.5, 0.6) is 0 Å². The van der Waals surface area contributed by atoms with Gasteiger partial charge < -0.3 is 19.5 Å². The summed E-state index contributed by atoms with van der Waals surface area (Å²) in [6.45, 7) is 2.69. The van der Waals surface area contributed by atoms with Gasteiger partial charge in [-0.25, -0.2) is 0 Å². The van der Waals surface area contributed by atoms with Gasteiger partial charge in [0.15, 0.2) is 5.79 Å². The van der Waals surface area contributed by atoms with Crippen molar-refractivity contribution in [3.63, 3.8) is 0 Å². The third kappa shape index (κ3) is 3.00. The molecule has 104 valence electrons. The Bertz CT molecular complexity index is 438. The number of aromatic nitrogens is 1. The molecule has 3 heterocycles. The van der Waals surface area contributed by atoms with Crippen LogP contribution in [-0.4, -0.2) is 43.2 Å². The molecule has 0 bridgehead atoms. The number of halogens is 1. The third-order valence-corrected chi connectivity index (χ3v) is 3.76. The van der Waals surface area contributed by atoms with Crippen molar-refractivity contribution in [2.24, 2.45) is 0 Å². The van der Waals surface area contributed by atoms with Gasteiger partial charge in [0.2, 0.25) is 0 Å². The van der Waals surface area contributed by atoms with Crippen LogP contribution in [0.2, 0.25) is 5.02 Å². The highest BCUT2D eigenvalue weighted by Crippen LogP contribution is 2.33. The van der Waals surface area contributed by atoms with Crippen molar-refractivity contribution in [2.45, 2.75) is 24.7 Å². The highest BCUT2D eigenvalue weighted by atomic mass is 35.5. The number of anilines is 1. The van der Waals surface area contributed by atoms with Crippen molar-refractivity contribution in [3.8, 4) is 0 Å². The monoisotopic (exact) mass is 284 g/mol. The fourth-order valence-corrected chi connectivity index (χ4v) is 2.59. The van der Waals surface area contributed by atoms with Gasteiger partial charge in [-0.05, 0) is 6.07 Å². The average Bonchev–Trinajstić information content (AvgIpc) is 2.82. The lowest BCUT2D eigenvalue weighted by atomic mass is 10.1. The molecule has 0 radical (unpaired) electrons. The Morgan fingerprint density at radius 2 is 2.26 bits per heavy atom. The lowest BCUT2D eigenvalue weighted by molar-refractivity contribution is -0.209. The summed E-state index contributed by atoms with van der Waals surface area (Å²) < 4.78 is 17.2. The molecule has 2 fully saturated rings. The Hall–Kier alpha value is -0.880. The smallest absolute Gasteiger partial charge is 0.173 e. The molecular weight excluding hydrogens is 268 g/mol. The van der Waals surface area contributed by atoms with Crippen molar-refractivity contribution >= 4 is 17.3 Å². The van der Waals surface area contributed by atoms with Gasteiger partial charge in [0, 0.05) is 31.8 Å². The first kappa shape index (κ1) is 13.1. The maximum Gasteiger partial charge on any atom is 0.173 e. The Morgan fingerprint density at radius 3 is 3.05 bits per heavy atom. The normalized spacial score (nSPS) is 25.6. The molecule has 1 N–H and O–H groups in total. The zero-order valence-corrected chi connectivity index (χ0v) is 11.4. The van der Waals surface area contributed by atoms with Crippen LogP contribution in [0.15, 0.2) is 18.5 Å². The minimum atomic E-state index is -0.424. The molecule has 3 rings (SSSR count). The molecule has 0 amide bonds. The van der Waals surface area contributed by atoms with E-state index >= 15 is 0 Å². The minimum Gasteiger partial charge on any atom is -0.381 e. The molecule has 19 heavy (non-hydrogen) atoms. The molecule has 0 aliphatic carbocycles. The van der Waals surface area contributed by atoms with Gasteiger partial charge in [-0.2, -0.15) is 0 Å². The van der Waals surface area contributed by atoms with E-state index in [4.69, 9.17) is 25.8 Å². The molecule has 2 saturated heterocycles. The number of nitrogens with one attached hydrogen (secondary N) is 1. The van der Waals surface area contributed by atoms with Crippen LogP contribution in [0.4, 0.5) is 5.69 Å². The molecule has 1 aromatic rings. The second-order valence-electron chi connectivity index (χ2n) is 4.81. The average molecular weight is 285 g/mol.